The lowest BCUT2D eigenvalue weighted by atomic mass is 9.96. The van der Waals surface area contributed by atoms with Gasteiger partial charge in [0.25, 0.3) is 0 Å². The van der Waals surface area contributed by atoms with Crippen LogP contribution in [0.3, 0.4) is 0 Å². The average molecular weight is 311 g/mol. The van der Waals surface area contributed by atoms with Gasteiger partial charge in [0.05, 0.1) is 13.0 Å². The van der Waals surface area contributed by atoms with E-state index < -0.39 is 5.97 Å². The molecule has 0 atom stereocenters. The van der Waals surface area contributed by atoms with Gasteiger partial charge in [-0.25, -0.2) is 0 Å². The zero-order valence-electron chi connectivity index (χ0n) is 11.7. The number of amides is 1. The Hall–Kier alpha value is -1.59. The van der Waals surface area contributed by atoms with E-state index in [-0.39, 0.29) is 18.2 Å². The third-order valence-electron chi connectivity index (χ3n) is 3.49. The molecular weight excluding hydrogens is 292 g/mol. The summed E-state index contributed by atoms with van der Waals surface area (Å²) in [5.74, 6) is -0.613. The fraction of sp³-hybridized carbons (Fsp3) is 0.467. The maximum atomic E-state index is 11.7. The lowest BCUT2D eigenvalue weighted by Crippen LogP contribution is -2.51. The topological polar surface area (TPSA) is 69.6 Å². The molecule has 0 unspecified atom stereocenters. The van der Waals surface area contributed by atoms with Crippen molar-refractivity contribution < 1.29 is 14.7 Å². The van der Waals surface area contributed by atoms with Gasteiger partial charge < -0.3 is 10.4 Å². The Morgan fingerprint density at radius 2 is 2.14 bits per heavy atom. The summed E-state index contributed by atoms with van der Waals surface area (Å²) in [4.78, 5) is 24.2. The average Bonchev–Trinajstić information content (AvgIpc) is 2.36. The monoisotopic (exact) mass is 310 g/mol. The van der Waals surface area contributed by atoms with E-state index in [1.807, 2.05) is 29.2 Å². The summed E-state index contributed by atoms with van der Waals surface area (Å²) >= 11 is 5.90. The van der Waals surface area contributed by atoms with Crippen molar-refractivity contribution in [3.05, 3.63) is 34.9 Å². The number of aliphatic carboxylic acids is 1. The molecule has 0 spiro atoms. The minimum Gasteiger partial charge on any atom is -0.481 e. The minimum atomic E-state index is -0.773. The third kappa shape index (κ3) is 5.36. The van der Waals surface area contributed by atoms with Crippen molar-refractivity contribution in [2.45, 2.75) is 12.8 Å². The highest BCUT2D eigenvalue weighted by Crippen LogP contribution is 2.18. The Bertz CT molecular complexity index is 515. The van der Waals surface area contributed by atoms with E-state index in [9.17, 15) is 9.59 Å². The van der Waals surface area contributed by atoms with Crippen LogP contribution >= 0.6 is 11.6 Å². The number of hydrogen-bond acceptors (Lipinski definition) is 3. The first-order valence-electron chi connectivity index (χ1n) is 6.98. The summed E-state index contributed by atoms with van der Waals surface area (Å²) < 4.78 is 0. The van der Waals surface area contributed by atoms with E-state index in [2.05, 4.69) is 5.32 Å². The highest BCUT2D eigenvalue weighted by Gasteiger charge is 2.29. The number of carbonyl (C=O) groups is 2. The smallest absolute Gasteiger partial charge is 0.303 e. The molecule has 1 heterocycles. The SMILES string of the molecule is O=C(O)CC1CN(CC(=O)NCCc2cccc(Cl)c2)C1. The molecular formula is C15H19ClN2O3. The van der Waals surface area contributed by atoms with Gasteiger partial charge in [0.15, 0.2) is 0 Å². The van der Waals surface area contributed by atoms with Gasteiger partial charge in [0, 0.05) is 24.7 Å². The number of halogens is 1. The first-order valence-corrected chi connectivity index (χ1v) is 7.36. The Balaban J connectivity index is 1.60. The summed E-state index contributed by atoms with van der Waals surface area (Å²) in [6.45, 7) is 2.29. The van der Waals surface area contributed by atoms with Crippen LogP contribution in [0.1, 0.15) is 12.0 Å². The molecule has 0 aromatic heterocycles. The maximum Gasteiger partial charge on any atom is 0.303 e. The molecule has 1 aliphatic heterocycles. The Kier molecular flexibility index (Phi) is 5.59. The van der Waals surface area contributed by atoms with E-state index in [0.29, 0.717) is 31.2 Å². The van der Waals surface area contributed by atoms with Gasteiger partial charge in [-0.3, -0.25) is 14.5 Å². The highest BCUT2D eigenvalue weighted by molar-refractivity contribution is 6.30. The molecule has 1 amide bonds. The quantitative estimate of drug-likeness (QED) is 0.799. The second-order valence-electron chi connectivity index (χ2n) is 5.39. The van der Waals surface area contributed by atoms with Crippen molar-refractivity contribution in [2.24, 2.45) is 5.92 Å². The summed E-state index contributed by atoms with van der Waals surface area (Å²) in [6.07, 6.45) is 0.931. The van der Waals surface area contributed by atoms with Crippen molar-refractivity contribution in [3.8, 4) is 0 Å². The summed E-state index contributed by atoms with van der Waals surface area (Å²) in [5, 5.41) is 12.2. The van der Waals surface area contributed by atoms with Gasteiger partial charge in [-0.05, 0) is 30.0 Å². The number of nitrogens with one attached hydrogen (secondary N) is 1. The fourth-order valence-corrected chi connectivity index (χ4v) is 2.69. The van der Waals surface area contributed by atoms with Crippen LogP contribution in [-0.4, -0.2) is 48.1 Å². The van der Waals surface area contributed by atoms with Gasteiger partial charge in [0.1, 0.15) is 0 Å². The molecule has 1 fully saturated rings. The van der Waals surface area contributed by atoms with Crippen LogP contribution in [0.5, 0.6) is 0 Å². The molecule has 0 bridgehead atoms. The van der Waals surface area contributed by atoms with Crippen LogP contribution < -0.4 is 5.32 Å². The van der Waals surface area contributed by atoms with Crippen LogP contribution in [0.15, 0.2) is 24.3 Å². The van der Waals surface area contributed by atoms with Crippen LogP contribution in [0.2, 0.25) is 5.02 Å². The summed E-state index contributed by atoms with van der Waals surface area (Å²) in [6, 6.07) is 7.58. The van der Waals surface area contributed by atoms with Gasteiger partial charge >= 0.3 is 5.97 Å². The Morgan fingerprint density at radius 1 is 1.38 bits per heavy atom. The van der Waals surface area contributed by atoms with Gasteiger partial charge in [-0.15, -0.1) is 0 Å². The van der Waals surface area contributed by atoms with E-state index in [1.54, 1.807) is 0 Å². The number of hydrogen-bond donors (Lipinski definition) is 2. The summed E-state index contributed by atoms with van der Waals surface area (Å²) in [5.41, 5.74) is 1.09. The highest BCUT2D eigenvalue weighted by atomic mass is 35.5. The second kappa shape index (κ2) is 7.43. The summed E-state index contributed by atoms with van der Waals surface area (Å²) in [7, 11) is 0. The molecule has 1 aromatic rings. The van der Waals surface area contributed by atoms with Crippen molar-refractivity contribution in [1.82, 2.24) is 10.2 Å². The molecule has 1 aromatic carbocycles. The van der Waals surface area contributed by atoms with Crippen molar-refractivity contribution >= 4 is 23.5 Å². The Labute approximate surface area is 128 Å². The lowest BCUT2D eigenvalue weighted by molar-refractivity contribution is -0.139. The number of benzene rings is 1. The minimum absolute atomic E-state index is 0.0224. The predicted octanol–water partition coefficient (Wildman–Crippen LogP) is 1.41. The largest absolute Gasteiger partial charge is 0.481 e. The fourth-order valence-electron chi connectivity index (χ4n) is 2.48. The van der Waals surface area contributed by atoms with E-state index in [1.165, 1.54) is 0 Å². The normalized spacial score (nSPS) is 15.5. The van der Waals surface area contributed by atoms with Gasteiger partial charge in [-0.2, -0.15) is 0 Å². The van der Waals surface area contributed by atoms with Crippen LogP contribution in [0.4, 0.5) is 0 Å². The number of rotatable bonds is 7. The zero-order valence-corrected chi connectivity index (χ0v) is 12.5. The molecule has 0 saturated carbocycles. The molecule has 0 aliphatic carbocycles. The van der Waals surface area contributed by atoms with Crippen LogP contribution in [0, 0.1) is 5.92 Å². The second-order valence-corrected chi connectivity index (χ2v) is 5.82. The number of carboxylic acid groups (broad SMARTS) is 1. The molecule has 0 radical (unpaired) electrons. The van der Waals surface area contributed by atoms with E-state index in [4.69, 9.17) is 16.7 Å². The number of carbonyl (C=O) groups excluding carboxylic acids is 1. The van der Waals surface area contributed by atoms with Crippen LogP contribution in [-0.2, 0) is 16.0 Å². The van der Waals surface area contributed by atoms with Crippen molar-refractivity contribution in [2.75, 3.05) is 26.2 Å². The van der Waals surface area contributed by atoms with Crippen LogP contribution in [0.25, 0.3) is 0 Å². The predicted molar refractivity (Wildman–Crippen MR) is 80.3 cm³/mol. The molecule has 5 nitrogen and oxygen atoms in total. The maximum absolute atomic E-state index is 11.7. The molecule has 114 valence electrons. The molecule has 1 saturated heterocycles. The molecule has 2 rings (SSSR count). The molecule has 21 heavy (non-hydrogen) atoms. The van der Waals surface area contributed by atoms with Crippen molar-refractivity contribution in [1.29, 1.82) is 0 Å². The van der Waals surface area contributed by atoms with Gasteiger partial charge in [0.2, 0.25) is 5.91 Å². The standard InChI is InChI=1S/C15H19ClN2O3/c16-13-3-1-2-11(6-13)4-5-17-14(19)10-18-8-12(9-18)7-15(20)21/h1-3,6,12H,4-5,7-10H2,(H,17,19)(H,20,21). The van der Waals surface area contributed by atoms with E-state index >= 15 is 0 Å². The number of carboxylic acids is 1. The van der Waals surface area contributed by atoms with E-state index in [0.717, 1.165) is 12.0 Å². The number of nitrogens with zero attached hydrogens (tertiary/aromatic N) is 1. The van der Waals surface area contributed by atoms with Crippen molar-refractivity contribution in [3.63, 3.8) is 0 Å². The molecule has 6 heteroatoms. The Morgan fingerprint density at radius 3 is 2.81 bits per heavy atom. The number of likely N-dealkylation sites (tertiary alicyclic amines) is 1. The first kappa shape index (κ1) is 15.8. The third-order valence-corrected chi connectivity index (χ3v) is 3.72. The molecule has 2 N–H and O–H groups in total. The lowest BCUT2D eigenvalue weighted by Gasteiger charge is -2.37. The first-order chi connectivity index (χ1) is 10.0. The van der Waals surface area contributed by atoms with Gasteiger partial charge in [-0.1, -0.05) is 23.7 Å². The molecule has 1 aliphatic rings. The zero-order chi connectivity index (χ0) is 15.2.